The number of hydrogen-bond acceptors (Lipinski definition) is 6. The summed E-state index contributed by atoms with van der Waals surface area (Å²) in [6, 6.07) is 3.49. The molecule has 0 aliphatic rings. The second kappa shape index (κ2) is 4.98. The highest BCUT2D eigenvalue weighted by Gasteiger charge is 2.30. The third-order valence-electron chi connectivity index (χ3n) is 2.91. The van der Waals surface area contributed by atoms with Gasteiger partial charge in [0.1, 0.15) is 0 Å². The third kappa shape index (κ3) is 2.86. The van der Waals surface area contributed by atoms with Gasteiger partial charge in [0.2, 0.25) is 9.84 Å². The Morgan fingerprint density at radius 1 is 1.13 bits per heavy atom. The zero-order chi connectivity index (χ0) is 16.8. The van der Waals surface area contributed by atoms with Gasteiger partial charge in [0, 0.05) is 18.6 Å². The van der Waals surface area contributed by atoms with E-state index < -0.39 is 26.7 Å². The first kappa shape index (κ1) is 15.3. The molecule has 3 rings (SSSR count). The number of hydrogen-bond donors (Lipinski definition) is 0. The molecule has 3 aromatic heterocycles. The highest BCUT2D eigenvalue weighted by Crippen LogP contribution is 2.29. The number of halogens is 3. The van der Waals surface area contributed by atoms with E-state index in [1.54, 1.807) is 0 Å². The summed E-state index contributed by atoms with van der Waals surface area (Å²) in [7, 11) is -3.64. The lowest BCUT2D eigenvalue weighted by molar-refractivity contribution is -0.137. The normalized spacial score (nSPS) is 12.7. The van der Waals surface area contributed by atoms with Crippen LogP contribution >= 0.6 is 0 Å². The fraction of sp³-hybridized carbons (Fsp3) is 0.167. The Morgan fingerprint density at radius 3 is 2.43 bits per heavy atom. The molecule has 0 saturated carbocycles. The average molecular weight is 343 g/mol. The second-order valence-corrected chi connectivity index (χ2v) is 6.55. The Labute approximate surface area is 127 Å². The maximum absolute atomic E-state index is 12.6. The molecule has 0 aliphatic heterocycles. The van der Waals surface area contributed by atoms with Crippen LogP contribution in [0.25, 0.3) is 17.2 Å². The summed E-state index contributed by atoms with van der Waals surface area (Å²) in [5.74, 6) is 0.00428. The van der Waals surface area contributed by atoms with Crippen molar-refractivity contribution in [1.29, 1.82) is 0 Å². The second-order valence-electron chi connectivity index (χ2n) is 4.64. The average Bonchev–Trinajstić information content (AvgIpc) is 2.90. The van der Waals surface area contributed by atoms with Crippen molar-refractivity contribution in [1.82, 2.24) is 24.6 Å². The van der Waals surface area contributed by atoms with Gasteiger partial charge >= 0.3 is 6.18 Å². The molecule has 11 heteroatoms. The monoisotopic (exact) mass is 343 g/mol. The quantitative estimate of drug-likeness (QED) is 0.702. The standard InChI is InChI=1S/C12H8F3N5O2S/c1-23(21,22)11-18-10-16-5-4-9(20(10)19-11)8-3-2-7(6-17-8)12(13,14)15/h2-6H,1H3. The Morgan fingerprint density at radius 2 is 1.87 bits per heavy atom. The van der Waals surface area contributed by atoms with Crippen molar-refractivity contribution in [2.24, 2.45) is 0 Å². The molecule has 0 N–H and O–H groups in total. The molecule has 0 bridgehead atoms. The van der Waals surface area contributed by atoms with Crippen molar-refractivity contribution < 1.29 is 21.6 Å². The topological polar surface area (TPSA) is 90.1 Å². The van der Waals surface area contributed by atoms with E-state index in [1.165, 1.54) is 18.3 Å². The predicted molar refractivity (Wildman–Crippen MR) is 72.1 cm³/mol. The van der Waals surface area contributed by atoms with Crippen LogP contribution in [-0.4, -0.2) is 39.2 Å². The van der Waals surface area contributed by atoms with Crippen molar-refractivity contribution in [2.75, 3.05) is 6.26 Å². The molecule has 7 nitrogen and oxygen atoms in total. The van der Waals surface area contributed by atoms with Crippen LogP contribution in [-0.2, 0) is 16.0 Å². The Balaban J connectivity index is 2.15. The lowest BCUT2D eigenvalue weighted by atomic mass is 10.2. The molecule has 23 heavy (non-hydrogen) atoms. The fourth-order valence-electron chi connectivity index (χ4n) is 1.84. The first-order valence-electron chi connectivity index (χ1n) is 6.12. The molecule has 0 unspecified atom stereocenters. The highest BCUT2D eigenvalue weighted by molar-refractivity contribution is 7.90. The van der Waals surface area contributed by atoms with Gasteiger partial charge in [-0.2, -0.15) is 22.7 Å². The molecule has 120 valence electrons. The van der Waals surface area contributed by atoms with Crippen LogP contribution in [0.5, 0.6) is 0 Å². The molecule has 0 spiro atoms. The van der Waals surface area contributed by atoms with Crippen molar-refractivity contribution in [3.8, 4) is 11.4 Å². The van der Waals surface area contributed by atoms with E-state index >= 15 is 0 Å². The minimum atomic E-state index is -4.49. The smallest absolute Gasteiger partial charge is 0.254 e. The maximum Gasteiger partial charge on any atom is 0.417 e. The lowest BCUT2D eigenvalue weighted by Crippen LogP contribution is -2.06. The highest BCUT2D eigenvalue weighted by atomic mass is 32.2. The number of sulfone groups is 1. The molecule has 0 aromatic carbocycles. The zero-order valence-corrected chi connectivity index (χ0v) is 12.3. The molecule has 3 heterocycles. The molecular weight excluding hydrogens is 335 g/mol. The number of rotatable bonds is 2. The van der Waals surface area contributed by atoms with Crippen molar-refractivity contribution >= 4 is 15.6 Å². The molecule has 0 aliphatic carbocycles. The Hall–Kier alpha value is -2.56. The van der Waals surface area contributed by atoms with E-state index in [4.69, 9.17) is 0 Å². The van der Waals surface area contributed by atoms with Gasteiger partial charge < -0.3 is 0 Å². The lowest BCUT2D eigenvalue weighted by Gasteiger charge is -2.07. The van der Waals surface area contributed by atoms with Gasteiger partial charge in [0.05, 0.1) is 17.0 Å². The van der Waals surface area contributed by atoms with Gasteiger partial charge in [-0.3, -0.25) is 4.98 Å². The summed E-state index contributed by atoms with van der Waals surface area (Å²) >= 11 is 0. The van der Waals surface area contributed by atoms with E-state index in [0.29, 0.717) is 6.20 Å². The van der Waals surface area contributed by atoms with Gasteiger partial charge in [-0.15, -0.1) is 5.10 Å². The van der Waals surface area contributed by atoms with Crippen molar-refractivity contribution in [3.05, 3.63) is 36.2 Å². The Bertz CT molecular complexity index is 980. The van der Waals surface area contributed by atoms with Gasteiger partial charge in [-0.25, -0.2) is 13.4 Å². The van der Waals surface area contributed by atoms with E-state index in [0.717, 1.165) is 16.8 Å². The first-order valence-corrected chi connectivity index (χ1v) is 8.01. The van der Waals surface area contributed by atoms with Crippen molar-refractivity contribution in [3.63, 3.8) is 0 Å². The first-order chi connectivity index (χ1) is 10.7. The van der Waals surface area contributed by atoms with E-state index in [1.807, 2.05) is 0 Å². The molecular formula is C12H8F3N5O2S. The number of nitrogens with zero attached hydrogens (tertiary/aromatic N) is 5. The number of fused-ring (bicyclic) bond motifs is 1. The number of alkyl halides is 3. The van der Waals surface area contributed by atoms with Crippen LogP contribution in [0.3, 0.4) is 0 Å². The molecule has 0 saturated heterocycles. The predicted octanol–water partition coefficient (Wildman–Crippen LogP) is 1.61. The summed E-state index contributed by atoms with van der Waals surface area (Å²) in [5.41, 5.74) is -0.441. The minimum absolute atomic E-state index is 0.00428. The SMILES string of the molecule is CS(=O)(=O)c1nc2nccc(-c3ccc(C(F)(F)F)cn3)n2n1. The van der Waals surface area contributed by atoms with Crippen LogP contribution in [0.1, 0.15) is 5.56 Å². The summed E-state index contributed by atoms with van der Waals surface area (Å²) in [5, 5.41) is 3.40. The molecule has 0 amide bonds. The van der Waals surface area contributed by atoms with Gasteiger partial charge in [0.15, 0.2) is 0 Å². The van der Waals surface area contributed by atoms with Crippen LogP contribution in [0.4, 0.5) is 13.2 Å². The fourth-order valence-corrected chi connectivity index (χ4v) is 2.32. The zero-order valence-electron chi connectivity index (χ0n) is 11.5. The minimum Gasteiger partial charge on any atom is -0.254 e. The van der Waals surface area contributed by atoms with Gasteiger partial charge in [-0.1, -0.05) is 0 Å². The third-order valence-corrected chi connectivity index (χ3v) is 3.74. The largest absolute Gasteiger partial charge is 0.417 e. The maximum atomic E-state index is 12.6. The Kier molecular flexibility index (Phi) is 3.32. The molecule has 0 fully saturated rings. The van der Waals surface area contributed by atoms with Crippen LogP contribution in [0.15, 0.2) is 35.7 Å². The van der Waals surface area contributed by atoms with Crippen LogP contribution in [0.2, 0.25) is 0 Å². The summed E-state index contributed by atoms with van der Waals surface area (Å²) in [4.78, 5) is 11.4. The number of pyridine rings is 1. The van der Waals surface area contributed by atoms with Crippen molar-refractivity contribution in [2.45, 2.75) is 11.3 Å². The summed E-state index contributed by atoms with van der Waals surface area (Å²) in [6.07, 6.45) is -1.52. The molecule has 0 atom stereocenters. The molecule has 0 radical (unpaired) electrons. The summed E-state index contributed by atoms with van der Waals surface area (Å²) in [6.45, 7) is 0. The van der Waals surface area contributed by atoms with Gasteiger partial charge in [-0.05, 0) is 18.2 Å². The van der Waals surface area contributed by atoms with E-state index in [-0.39, 0.29) is 17.2 Å². The molecule has 3 aromatic rings. The van der Waals surface area contributed by atoms with Crippen LogP contribution in [0, 0.1) is 0 Å². The van der Waals surface area contributed by atoms with Crippen LogP contribution < -0.4 is 0 Å². The summed E-state index contributed by atoms with van der Waals surface area (Å²) < 4.78 is 61.8. The van der Waals surface area contributed by atoms with E-state index in [9.17, 15) is 21.6 Å². The van der Waals surface area contributed by atoms with E-state index in [2.05, 4.69) is 20.1 Å². The van der Waals surface area contributed by atoms with Gasteiger partial charge in [0.25, 0.3) is 10.9 Å². The number of aromatic nitrogens is 5.